The van der Waals surface area contributed by atoms with Crippen LogP contribution in [0.25, 0.3) is 0 Å². The largest absolute Gasteiger partial charge is 0.496 e. The summed E-state index contributed by atoms with van der Waals surface area (Å²) in [6.07, 6.45) is 1.05. The van der Waals surface area contributed by atoms with Crippen LogP contribution < -0.4 is 16.2 Å². The lowest BCUT2D eigenvalue weighted by atomic mass is 9.88. The Morgan fingerprint density at radius 3 is 2.12 bits per heavy atom. The second-order valence-electron chi connectivity index (χ2n) is 6.01. The molecule has 1 aromatic carbocycles. The summed E-state index contributed by atoms with van der Waals surface area (Å²) in [4.78, 5) is 9.09. The standard InChI is InChI=1S/C12H18O.C4H6ClNOS.CH3NOS/c1-12(2,3)9-10-7-5-6-8-11(10)13-4;1-3(5)2-7-4(6)8;2-1(3)4/h5-8H,9H2,1-4H3;1-2H2,(H2,6,8);(H3,2,3,4). The van der Waals surface area contributed by atoms with Gasteiger partial charge in [-0.2, -0.15) is 0 Å². The average molecular weight is 407 g/mol. The first-order valence-corrected chi connectivity index (χ1v) is 8.48. The maximum absolute atomic E-state index is 9.09. The molecule has 1 rings (SSSR count). The third kappa shape index (κ3) is 20.5. The van der Waals surface area contributed by atoms with E-state index in [1.807, 2.05) is 12.1 Å². The van der Waals surface area contributed by atoms with Gasteiger partial charge in [0.1, 0.15) is 12.4 Å². The molecule has 0 aliphatic carbocycles. The van der Waals surface area contributed by atoms with E-state index in [2.05, 4.69) is 74.8 Å². The van der Waals surface area contributed by atoms with Crippen molar-refractivity contribution in [1.82, 2.24) is 0 Å². The minimum Gasteiger partial charge on any atom is -0.496 e. The van der Waals surface area contributed by atoms with E-state index >= 15 is 0 Å². The van der Waals surface area contributed by atoms with Crippen LogP contribution in [0.3, 0.4) is 0 Å². The maximum atomic E-state index is 9.09. The molecule has 0 unspecified atom stereocenters. The number of benzene rings is 1. The Hall–Kier alpha value is -1.44. The molecule has 142 valence electrons. The average Bonchev–Trinajstić information content (AvgIpc) is 2.44. The quantitative estimate of drug-likeness (QED) is 0.513. The summed E-state index contributed by atoms with van der Waals surface area (Å²) in [5, 5.41) is -0.260. The molecule has 1 aromatic rings. The Labute approximate surface area is 166 Å². The molecule has 0 saturated carbocycles. The third-order valence-electron chi connectivity index (χ3n) is 2.28. The van der Waals surface area contributed by atoms with Crippen molar-refractivity contribution in [3.63, 3.8) is 0 Å². The smallest absolute Gasteiger partial charge is 0.273 e. The summed E-state index contributed by atoms with van der Waals surface area (Å²) in [7, 11) is 1.72. The molecule has 0 aliphatic heterocycles. The SMILES string of the molecule is C=C(Cl)COC(N)=S.COc1ccccc1CC(C)(C)C.NC(=O)S. The molecule has 0 fully saturated rings. The first-order chi connectivity index (χ1) is 11.4. The molecule has 25 heavy (non-hydrogen) atoms. The number of carbonyl (C=O) groups excluding carboxylic acids is 1. The van der Waals surface area contributed by atoms with Crippen LogP contribution >= 0.6 is 36.4 Å². The molecule has 0 heterocycles. The fourth-order valence-electron chi connectivity index (χ4n) is 1.57. The molecule has 4 N–H and O–H groups in total. The van der Waals surface area contributed by atoms with Gasteiger partial charge in [-0.3, -0.25) is 4.79 Å². The highest BCUT2D eigenvalue weighted by atomic mass is 35.5. The van der Waals surface area contributed by atoms with Crippen LogP contribution in [-0.4, -0.2) is 24.1 Å². The number of methoxy groups -OCH3 is 1. The predicted octanol–water partition coefficient (Wildman–Crippen LogP) is 4.28. The van der Waals surface area contributed by atoms with Crippen molar-refractivity contribution in [1.29, 1.82) is 0 Å². The van der Waals surface area contributed by atoms with Gasteiger partial charge in [0.25, 0.3) is 10.4 Å². The van der Waals surface area contributed by atoms with Crippen molar-refractivity contribution < 1.29 is 14.3 Å². The van der Waals surface area contributed by atoms with E-state index in [0.29, 0.717) is 10.4 Å². The normalized spacial score (nSPS) is 9.52. The number of hydrogen-bond acceptors (Lipinski definition) is 4. The zero-order valence-corrected chi connectivity index (χ0v) is 17.5. The zero-order valence-electron chi connectivity index (χ0n) is 15.0. The van der Waals surface area contributed by atoms with Crippen LogP contribution in [0, 0.1) is 5.41 Å². The van der Waals surface area contributed by atoms with E-state index in [1.165, 1.54) is 5.56 Å². The molecule has 0 bridgehead atoms. The van der Waals surface area contributed by atoms with Crippen molar-refractivity contribution >= 4 is 46.9 Å². The Morgan fingerprint density at radius 1 is 1.32 bits per heavy atom. The minimum absolute atomic E-state index is 0.00759. The van der Waals surface area contributed by atoms with Crippen molar-refractivity contribution in [2.75, 3.05) is 13.7 Å². The number of para-hydroxylation sites is 1. The van der Waals surface area contributed by atoms with Gasteiger partial charge in [-0.15, -0.1) is 0 Å². The Kier molecular flexibility index (Phi) is 14.2. The zero-order chi connectivity index (χ0) is 20.0. The number of hydrogen-bond donors (Lipinski definition) is 3. The van der Waals surface area contributed by atoms with E-state index in [9.17, 15) is 0 Å². The third-order valence-corrected chi connectivity index (χ3v) is 2.51. The van der Waals surface area contributed by atoms with Gasteiger partial charge in [-0.25, -0.2) is 0 Å². The molecular weight excluding hydrogens is 380 g/mol. The van der Waals surface area contributed by atoms with E-state index in [4.69, 9.17) is 26.9 Å². The van der Waals surface area contributed by atoms with Gasteiger partial charge in [-0.1, -0.05) is 69.8 Å². The van der Waals surface area contributed by atoms with Gasteiger partial charge < -0.3 is 20.9 Å². The lowest BCUT2D eigenvalue weighted by molar-refractivity contribution is 0.267. The highest BCUT2D eigenvalue weighted by Gasteiger charge is 2.13. The van der Waals surface area contributed by atoms with Crippen molar-refractivity contribution in [2.24, 2.45) is 16.9 Å². The van der Waals surface area contributed by atoms with Crippen molar-refractivity contribution in [3.05, 3.63) is 41.4 Å². The second kappa shape index (κ2) is 13.8. The number of amides is 1. The van der Waals surface area contributed by atoms with Gasteiger partial charge in [0.15, 0.2) is 0 Å². The predicted molar refractivity (Wildman–Crippen MR) is 112 cm³/mol. The molecule has 0 saturated heterocycles. The number of primary amides is 1. The molecule has 0 aliphatic rings. The fraction of sp³-hybridized carbons (Fsp3) is 0.412. The summed E-state index contributed by atoms with van der Waals surface area (Å²) >= 11 is 12.8. The van der Waals surface area contributed by atoms with E-state index in [-0.39, 0.29) is 11.8 Å². The summed E-state index contributed by atoms with van der Waals surface area (Å²) in [5.41, 5.74) is 10.9. The molecule has 0 atom stereocenters. The van der Waals surface area contributed by atoms with Crippen LogP contribution in [-0.2, 0) is 11.2 Å². The highest BCUT2D eigenvalue weighted by Crippen LogP contribution is 2.26. The molecular formula is C17H27ClN2O3S2. The highest BCUT2D eigenvalue weighted by molar-refractivity contribution is 7.96. The van der Waals surface area contributed by atoms with E-state index in [0.717, 1.165) is 12.2 Å². The van der Waals surface area contributed by atoms with Gasteiger partial charge in [0, 0.05) is 5.03 Å². The summed E-state index contributed by atoms with van der Waals surface area (Å²) in [6.45, 7) is 10.3. The number of thiocarbonyl (C=S) groups is 1. The molecule has 0 spiro atoms. The topological polar surface area (TPSA) is 87.6 Å². The van der Waals surface area contributed by atoms with Crippen LogP contribution in [0.5, 0.6) is 5.75 Å². The summed E-state index contributed by atoms with van der Waals surface area (Å²) < 4.78 is 9.87. The Bertz CT molecular complexity index is 543. The Balaban J connectivity index is 0. The first-order valence-electron chi connectivity index (χ1n) is 7.24. The van der Waals surface area contributed by atoms with E-state index < -0.39 is 5.24 Å². The lowest BCUT2D eigenvalue weighted by Crippen LogP contribution is -2.12. The number of thiol groups is 1. The van der Waals surface area contributed by atoms with Gasteiger partial charge in [-0.05, 0) is 35.7 Å². The number of nitrogens with two attached hydrogens (primary N) is 2. The van der Waals surface area contributed by atoms with Gasteiger partial charge in [0.2, 0.25) is 0 Å². The number of ether oxygens (including phenoxy) is 2. The molecule has 1 amide bonds. The van der Waals surface area contributed by atoms with Crippen LogP contribution in [0.4, 0.5) is 4.79 Å². The Morgan fingerprint density at radius 2 is 1.80 bits per heavy atom. The van der Waals surface area contributed by atoms with Gasteiger partial charge in [0.05, 0.1) is 7.11 Å². The number of halogens is 1. The lowest BCUT2D eigenvalue weighted by Gasteiger charge is -2.19. The number of rotatable bonds is 4. The van der Waals surface area contributed by atoms with Crippen LogP contribution in [0.2, 0.25) is 0 Å². The van der Waals surface area contributed by atoms with E-state index in [1.54, 1.807) is 7.11 Å². The molecule has 5 nitrogen and oxygen atoms in total. The second-order valence-corrected chi connectivity index (χ2v) is 7.39. The molecule has 0 radical (unpaired) electrons. The molecule has 8 heteroatoms. The summed E-state index contributed by atoms with van der Waals surface area (Å²) in [5.74, 6) is 0.998. The van der Waals surface area contributed by atoms with Crippen molar-refractivity contribution in [2.45, 2.75) is 27.2 Å². The number of carbonyl (C=O) groups is 1. The summed E-state index contributed by atoms with van der Waals surface area (Å²) in [6, 6.07) is 8.21. The molecule has 0 aromatic heterocycles. The van der Waals surface area contributed by atoms with Gasteiger partial charge >= 0.3 is 0 Å². The minimum atomic E-state index is -0.639. The fourth-order valence-corrected chi connectivity index (χ4v) is 1.68. The first kappa shape index (κ1) is 25.8. The van der Waals surface area contributed by atoms with Crippen LogP contribution in [0.1, 0.15) is 26.3 Å². The van der Waals surface area contributed by atoms with Crippen molar-refractivity contribution in [3.8, 4) is 5.75 Å². The monoisotopic (exact) mass is 406 g/mol. The van der Waals surface area contributed by atoms with Crippen LogP contribution in [0.15, 0.2) is 35.9 Å². The maximum Gasteiger partial charge on any atom is 0.273 e.